The zero-order chi connectivity index (χ0) is 12.3. The Morgan fingerprint density at radius 2 is 2.12 bits per heavy atom. The molecular weight excluding hydrogens is 228 g/mol. The number of hydrogen-bond acceptors (Lipinski definition) is 2. The van der Waals surface area contributed by atoms with Crippen LogP contribution in [0, 0.1) is 12.3 Å². The molecule has 0 heterocycles. The third-order valence-corrected chi connectivity index (χ3v) is 2.54. The summed E-state index contributed by atoms with van der Waals surface area (Å²) in [6, 6.07) is 5.25. The largest absolute Gasteiger partial charge is 0.492 e. The van der Waals surface area contributed by atoms with Gasteiger partial charge in [0.2, 0.25) is 0 Å². The minimum absolute atomic E-state index is 0.130. The highest BCUT2D eigenvalue weighted by Gasteiger charge is 2.28. The van der Waals surface area contributed by atoms with Crippen molar-refractivity contribution in [2.24, 2.45) is 5.41 Å². The van der Waals surface area contributed by atoms with Crippen molar-refractivity contribution < 1.29 is 14.6 Å². The van der Waals surface area contributed by atoms with E-state index in [1.54, 1.807) is 32.0 Å². The Bertz CT molecular complexity index is 399. The van der Waals surface area contributed by atoms with Crippen molar-refractivity contribution >= 4 is 17.6 Å². The quantitative estimate of drug-likeness (QED) is 0.882. The normalized spacial score (nSPS) is 11.2. The number of aryl methyl sites for hydroxylation is 1. The van der Waals surface area contributed by atoms with Crippen molar-refractivity contribution in [3.63, 3.8) is 0 Å². The number of ether oxygens (including phenoxy) is 1. The van der Waals surface area contributed by atoms with Gasteiger partial charge in [0.15, 0.2) is 0 Å². The molecule has 0 spiro atoms. The predicted molar refractivity (Wildman–Crippen MR) is 63.1 cm³/mol. The van der Waals surface area contributed by atoms with Crippen LogP contribution in [0.3, 0.4) is 0 Å². The zero-order valence-electron chi connectivity index (χ0n) is 9.58. The number of carbonyl (C=O) groups is 1. The van der Waals surface area contributed by atoms with Crippen LogP contribution in [-0.2, 0) is 4.79 Å². The second-order valence-corrected chi connectivity index (χ2v) is 4.82. The molecule has 0 aliphatic rings. The van der Waals surface area contributed by atoms with Gasteiger partial charge in [-0.2, -0.15) is 0 Å². The minimum atomic E-state index is -0.897. The number of benzene rings is 1. The lowest BCUT2D eigenvalue weighted by Crippen LogP contribution is -2.30. The van der Waals surface area contributed by atoms with Gasteiger partial charge in [0, 0.05) is 5.02 Å². The van der Waals surface area contributed by atoms with E-state index in [-0.39, 0.29) is 6.61 Å². The first-order chi connectivity index (χ1) is 7.33. The standard InChI is InChI=1S/C12H15ClO3/c1-8-6-9(13)4-5-10(8)16-7-12(2,3)11(14)15/h4-6H,7H2,1-3H3,(H,14,15). The second-order valence-electron chi connectivity index (χ2n) is 4.39. The van der Waals surface area contributed by atoms with E-state index in [0.717, 1.165) is 5.56 Å². The average molecular weight is 243 g/mol. The number of aliphatic carboxylic acids is 1. The van der Waals surface area contributed by atoms with Crippen LogP contribution < -0.4 is 4.74 Å². The first-order valence-electron chi connectivity index (χ1n) is 4.95. The molecule has 0 atom stereocenters. The fourth-order valence-corrected chi connectivity index (χ4v) is 1.32. The summed E-state index contributed by atoms with van der Waals surface area (Å²) in [7, 11) is 0. The number of carboxylic acid groups (broad SMARTS) is 1. The average Bonchev–Trinajstić information content (AvgIpc) is 2.16. The van der Waals surface area contributed by atoms with E-state index in [9.17, 15) is 4.79 Å². The number of hydrogen-bond donors (Lipinski definition) is 1. The van der Waals surface area contributed by atoms with Crippen LogP contribution in [0.5, 0.6) is 5.75 Å². The molecule has 88 valence electrons. The summed E-state index contributed by atoms with van der Waals surface area (Å²) in [5, 5.41) is 9.57. The van der Waals surface area contributed by atoms with Crippen molar-refractivity contribution in [2.45, 2.75) is 20.8 Å². The summed E-state index contributed by atoms with van der Waals surface area (Å²) in [6.07, 6.45) is 0. The molecule has 0 amide bonds. The Labute approximate surface area is 100.0 Å². The fourth-order valence-electron chi connectivity index (χ4n) is 1.09. The van der Waals surface area contributed by atoms with Gasteiger partial charge in [-0.05, 0) is 44.5 Å². The molecule has 0 saturated carbocycles. The van der Waals surface area contributed by atoms with Crippen molar-refractivity contribution in [3.8, 4) is 5.75 Å². The first-order valence-corrected chi connectivity index (χ1v) is 5.33. The van der Waals surface area contributed by atoms with Gasteiger partial charge in [0.25, 0.3) is 0 Å². The molecule has 0 aromatic heterocycles. The smallest absolute Gasteiger partial charge is 0.312 e. The topological polar surface area (TPSA) is 46.5 Å². The Kier molecular flexibility index (Phi) is 3.81. The SMILES string of the molecule is Cc1cc(Cl)ccc1OCC(C)(C)C(=O)O. The summed E-state index contributed by atoms with van der Waals surface area (Å²) >= 11 is 5.81. The number of halogens is 1. The Balaban J connectivity index is 2.72. The molecular formula is C12H15ClO3. The summed E-state index contributed by atoms with van der Waals surface area (Å²) in [4.78, 5) is 10.9. The van der Waals surface area contributed by atoms with Crippen molar-refractivity contribution in [1.29, 1.82) is 0 Å². The van der Waals surface area contributed by atoms with E-state index in [1.165, 1.54) is 0 Å². The van der Waals surface area contributed by atoms with Gasteiger partial charge in [-0.1, -0.05) is 11.6 Å². The van der Waals surface area contributed by atoms with E-state index >= 15 is 0 Å². The lowest BCUT2D eigenvalue weighted by molar-refractivity contribution is -0.148. The van der Waals surface area contributed by atoms with Gasteiger partial charge < -0.3 is 9.84 Å². The van der Waals surface area contributed by atoms with Crippen LogP contribution in [0.4, 0.5) is 0 Å². The van der Waals surface area contributed by atoms with Gasteiger partial charge in [-0.3, -0.25) is 4.79 Å². The molecule has 0 unspecified atom stereocenters. The highest BCUT2D eigenvalue weighted by molar-refractivity contribution is 6.30. The van der Waals surface area contributed by atoms with Gasteiger partial charge in [-0.15, -0.1) is 0 Å². The molecule has 0 saturated heterocycles. The van der Waals surface area contributed by atoms with E-state index in [4.69, 9.17) is 21.4 Å². The number of rotatable bonds is 4. The van der Waals surface area contributed by atoms with Gasteiger partial charge in [-0.25, -0.2) is 0 Å². The molecule has 0 aliphatic carbocycles. The van der Waals surface area contributed by atoms with Gasteiger partial charge in [0.1, 0.15) is 12.4 Å². The van der Waals surface area contributed by atoms with Crippen LogP contribution in [0.1, 0.15) is 19.4 Å². The Morgan fingerprint density at radius 1 is 1.50 bits per heavy atom. The predicted octanol–water partition coefficient (Wildman–Crippen LogP) is 3.14. The van der Waals surface area contributed by atoms with Crippen molar-refractivity contribution in [2.75, 3.05) is 6.61 Å². The molecule has 4 heteroatoms. The maximum atomic E-state index is 10.9. The van der Waals surface area contributed by atoms with Crippen molar-refractivity contribution in [3.05, 3.63) is 28.8 Å². The second kappa shape index (κ2) is 4.74. The maximum Gasteiger partial charge on any atom is 0.312 e. The third kappa shape index (κ3) is 3.14. The molecule has 0 radical (unpaired) electrons. The molecule has 1 aromatic rings. The maximum absolute atomic E-state index is 10.9. The molecule has 0 aliphatic heterocycles. The first kappa shape index (κ1) is 12.8. The minimum Gasteiger partial charge on any atom is -0.492 e. The summed E-state index contributed by atoms with van der Waals surface area (Å²) in [6.45, 7) is 5.25. The molecule has 1 rings (SSSR count). The highest BCUT2D eigenvalue weighted by atomic mass is 35.5. The van der Waals surface area contributed by atoms with Crippen LogP contribution in [0.25, 0.3) is 0 Å². The van der Waals surface area contributed by atoms with Gasteiger partial charge in [0.05, 0.1) is 5.41 Å². The van der Waals surface area contributed by atoms with Crippen LogP contribution in [0.2, 0.25) is 5.02 Å². The van der Waals surface area contributed by atoms with E-state index in [0.29, 0.717) is 10.8 Å². The summed E-state index contributed by atoms with van der Waals surface area (Å²) in [5.41, 5.74) is 0.000184. The molecule has 0 bridgehead atoms. The van der Waals surface area contributed by atoms with Crippen LogP contribution >= 0.6 is 11.6 Å². The fraction of sp³-hybridized carbons (Fsp3) is 0.417. The molecule has 16 heavy (non-hydrogen) atoms. The lowest BCUT2D eigenvalue weighted by atomic mass is 9.95. The van der Waals surface area contributed by atoms with E-state index in [2.05, 4.69) is 0 Å². The lowest BCUT2D eigenvalue weighted by Gasteiger charge is -2.20. The molecule has 1 aromatic carbocycles. The Morgan fingerprint density at radius 3 is 2.62 bits per heavy atom. The summed E-state index contributed by atoms with van der Waals surface area (Å²) < 4.78 is 5.48. The number of carboxylic acids is 1. The Hall–Kier alpha value is -1.22. The third-order valence-electron chi connectivity index (χ3n) is 2.30. The molecule has 0 fully saturated rings. The zero-order valence-corrected chi connectivity index (χ0v) is 10.3. The monoisotopic (exact) mass is 242 g/mol. The van der Waals surface area contributed by atoms with E-state index in [1.807, 2.05) is 6.92 Å². The van der Waals surface area contributed by atoms with Crippen LogP contribution in [0.15, 0.2) is 18.2 Å². The van der Waals surface area contributed by atoms with Gasteiger partial charge >= 0.3 is 5.97 Å². The molecule has 3 nitrogen and oxygen atoms in total. The van der Waals surface area contributed by atoms with Crippen LogP contribution in [-0.4, -0.2) is 17.7 Å². The van der Waals surface area contributed by atoms with Crippen molar-refractivity contribution in [1.82, 2.24) is 0 Å². The summed E-state index contributed by atoms with van der Waals surface area (Å²) in [5.74, 6) is -0.210. The van der Waals surface area contributed by atoms with E-state index < -0.39 is 11.4 Å². The molecule has 1 N–H and O–H groups in total. The highest BCUT2D eigenvalue weighted by Crippen LogP contribution is 2.24.